The smallest absolute Gasteiger partial charge is 0.274 e. The van der Waals surface area contributed by atoms with Crippen LogP contribution in [-0.2, 0) is 15.8 Å². The van der Waals surface area contributed by atoms with Crippen LogP contribution in [0.3, 0.4) is 0 Å². The van der Waals surface area contributed by atoms with Gasteiger partial charge in [0.05, 0.1) is 16.8 Å². The minimum atomic E-state index is -4.46. The summed E-state index contributed by atoms with van der Waals surface area (Å²) in [4.78, 5) is 25.3. The Balaban J connectivity index is 2.11. The summed E-state index contributed by atoms with van der Waals surface area (Å²) in [6.45, 7) is 1.27. The van der Waals surface area contributed by atoms with Gasteiger partial charge in [-0.1, -0.05) is 30.3 Å². The molecular formula is C18H12F3NO2. The first-order valence-corrected chi connectivity index (χ1v) is 7.12. The van der Waals surface area contributed by atoms with Gasteiger partial charge in [0.15, 0.2) is 0 Å². The van der Waals surface area contributed by atoms with Crippen LogP contribution in [0.4, 0.5) is 18.9 Å². The highest BCUT2D eigenvalue weighted by Gasteiger charge is 2.35. The Hall–Kier alpha value is -2.89. The van der Waals surface area contributed by atoms with Crippen molar-refractivity contribution in [1.29, 1.82) is 0 Å². The Bertz CT molecular complexity index is 869. The summed E-state index contributed by atoms with van der Waals surface area (Å²) in [5.74, 6) is -0.985. The molecule has 0 unspecified atom stereocenters. The van der Waals surface area contributed by atoms with Crippen LogP contribution in [0, 0.1) is 0 Å². The number of fused-ring (bicyclic) bond motifs is 1. The number of benzene rings is 2. The number of amides is 2. The van der Waals surface area contributed by atoms with Crippen LogP contribution in [0.2, 0.25) is 0 Å². The summed E-state index contributed by atoms with van der Waals surface area (Å²) in [5.41, 5.74) is 0.607. The summed E-state index contributed by atoms with van der Waals surface area (Å²) in [7, 11) is 0. The Morgan fingerprint density at radius 1 is 1.08 bits per heavy atom. The zero-order chi connectivity index (χ0) is 17.5. The molecule has 0 saturated heterocycles. The highest BCUT2D eigenvalue weighted by molar-refractivity contribution is 6.41. The number of carbonyl (C=O) groups is 2. The van der Waals surface area contributed by atoms with Crippen molar-refractivity contribution in [2.24, 2.45) is 0 Å². The predicted molar refractivity (Wildman–Crippen MR) is 83.9 cm³/mol. The van der Waals surface area contributed by atoms with Gasteiger partial charge in [-0.05, 0) is 29.8 Å². The molecular weight excluding hydrogens is 319 g/mol. The average Bonchev–Trinajstić information content (AvgIpc) is 2.79. The molecule has 0 fully saturated rings. The van der Waals surface area contributed by atoms with E-state index in [2.05, 4.69) is 0 Å². The van der Waals surface area contributed by atoms with Gasteiger partial charge in [0.25, 0.3) is 5.91 Å². The summed E-state index contributed by atoms with van der Waals surface area (Å²) in [6.07, 6.45) is -3.09. The number of rotatable bonds is 1. The van der Waals surface area contributed by atoms with Crippen molar-refractivity contribution in [3.8, 4) is 0 Å². The lowest BCUT2D eigenvalue weighted by atomic mass is 10.0. The SMILES string of the molecule is CC(=O)N1C(=O)C(=Cc2cccc(C(F)(F)F)c2)c2ccccc21. The van der Waals surface area contributed by atoms with Gasteiger partial charge in [0.2, 0.25) is 5.91 Å². The second-order valence-corrected chi connectivity index (χ2v) is 5.36. The third-order valence-electron chi connectivity index (χ3n) is 3.71. The van der Waals surface area contributed by atoms with Gasteiger partial charge >= 0.3 is 6.18 Å². The van der Waals surface area contributed by atoms with Crippen molar-refractivity contribution in [3.05, 3.63) is 65.2 Å². The molecule has 24 heavy (non-hydrogen) atoms. The molecule has 2 amide bonds. The molecule has 1 aliphatic heterocycles. The van der Waals surface area contributed by atoms with Crippen molar-refractivity contribution in [2.75, 3.05) is 4.90 Å². The summed E-state index contributed by atoms with van der Waals surface area (Å²) < 4.78 is 38.5. The lowest BCUT2D eigenvalue weighted by molar-refractivity contribution is -0.137. The van der Waals surface area contributed by atoms with Crippen LogP contribution in [0.25, 0.3) is 11.6 Å². The van der Waals surface area contributed by atoms with E-state index < -0.39 is 23.6 Å². The maximum atomic E-state index is 12.8. The number of imide groups is 1. The number of carbonyl (C=O) groups excluding carboxylic acids is 2. The zero-order valence-corrected chi connectivity index (χ0v) is 12.6. The maximum Gasteiger partial charge on any atom is 0.416 e. The van der Waals surface area contributed by atoms with Gasteiger partial charge in [-0.3, -0.25) is 9.59 Å². The number of halogens is 3. The molecule has 0 aromatic heterocycles. The highest BCUT2D eigenvalue weighted by atomic mass is 19.4. The minimum Gasteiger partial charge on any atom is -0.274 e. The number of nitrogens with zero attached hydrogens (tertiary/aromatic N) is 1. The monoisotopic (exact) mass is 331 g/mol. The Labute approximate surface area is 136 Å². The first-order valence-electron chi connectivity index (χ1n) is 7.12. The van der Waals surface area contributed by atoms with Crippen molar-refractivity contribution in [2.45, 2.75) is 13.1 Å². The van der Waals surface area contributed by atoms with Crippen LogP contribution in [0.5, 0.6) is 0 Å². The molecule has 0 saturated carbocycles. The molecule has 0 N–H and O–H groups in total. The number of alkyl halides is 3. The fourth-order valence-electron chi connectivity index (χ4n) is 2.66. The number of para-hydroxylation sites is 1. The summed E-state index contributed by atoms with van der Waals surface area (Å²) in [5, 5.41) is 0. The van der Waals surface area contributed by atoms with E-state index in [-0.39, 0.29) is 11.1 Å². The largest absolute Gasteiger partial charge is 0.416 e. The highest BCUT2D eigenvalue weighted by Crippen LogP contribution is 2.38. The van der Waals surface area contributed by atoms with E-state index in [1.165, 1.54) is 25.1 Å². The van der Waals surface area contributed by atoms with E-state index in [9.17, 15) is 22.8 Å². The lowest BCUT2D eigenvalue weighted by Gasteiger charge is -2.11. The Kier molecular flexibility index (Phi) is 3.75. The molecule has 6 heteroatoms. The first kappa shape index (κ1) is 16.0. The molecule has 3 rings (SSSR count). The van der Waals surface area contributed by atoms with E-state index in [0.29, 0.717) is 11.3 Å². The van der Waals surface area contributed by atoms with Crippen LogP contribution < -0.4 is 4.90 Å². The molecule has 0 aliphatic carbocycles. The second kappa shape index (κ2) is 5.63. The van der Waals surface area contributed by atoms with E-state index in [0.717, 1.165) is 17.0 Å². The molecule has 2 aromatic carbocycles. The predicted octanol–water partition coefficient (Wildman–Crippen LogP) is 4.14. The summed E-state index contributed by atoms with van der Waals surface area (Å²) >= 11 is 0. The third-order valence-corrected chi connectivity index (χ3v) is 3.71. The molecule has 1 aliphatic rings. The normalized spacial score (nSPS) is 15.8. The van der Waals surface area contributed by atoms with Crippen molar-refractivity contribution >= 4 is 29.2 Å². The number of hydrogen-bond donors (Lipinski definition) is 0. The fraction of sp³-hybridized carbons (Fsp3) is 0.111. The average molecular weight is 331 g/mol. The standard InChI is InChI=1S/C18H12F3NO2/c1-11(23)22-16-8-3-2-7-14(16)15(17(22)24)10-12-5-4-6-13(9-12)18(19,20)21/h2-10H,1H3. The molecule has 122 valence electrons. The summed E-state index contributed by atoms with van der Waals surface area (Å²) in [6, 6.07) is 11.4. The van der Waals surface area contributed by atoms with Crippen molar-refractivity contribution < 1.29 is 22.8 Å². The molecule has 0 spiro atoms. The molecule has 1 heterocycles. The zero-order valence-electron chi connectivity index (χ0n) is 12.6. The maximum absolute atomic E-state index is 12.8. The van der Waals surface area contributed by atoms with Gasteiger partial charge in [0, 0.05) is 12.5 Å². The van der Waals surface area contributed by atoms with Crippen LogP contribution >= 0.6 is 0 Å². The fourth-order valence-corrected chi connectivity index (χ4v) is 2.66. The van der Waals surface area contributed by atoms with E-state index in [4.69, 9.17) is 0 Å². The molecule has 2 aromatic rings. The Morgan fingerprint density at radius 3 is 2.46 bits per heavy atom. The molecule has 0 atom stereocenters. The molecule has 0 bridgehead atoms. The van der Waals surface area contributed by atoms with Crippen molar-refractivity contribution in [3.63, 3.8) is 0 Å². The van der Waals surface area contributed by atoms with Gasteiger partial charge in [-0.25, -0.2) is 4.90 Å². The van der Waals surface area contributed by atoms with Gasteiger partial charge in [0.1, 0.15) is 0 Å². The molecule has 0 radical (unpaired) electrons. The molecule has 3 nitrogen and oxygen atoms in total. The second-order valence-electron chi connectivity index (χ2n) is 5.36. The van der Waals surface area contributed by atoms with Gasteiger partial charge in [-0.15, -0.1) is 0 Å². The topological polar surface area (TPSA) is 37.4 Å². The van der Waals surface area contributed by atoms with E-state index in [1.54, 1.807) is 24.3 Å². The minimum absolute atomic E-state index is 0.195. The lowest BCUT2D eigenvalue weighted by Crippen LogP contribution is -2.31. The van der Waals surface area contributed by atoms with E-state index >= 15 is 0 Å². The number of hydrogen-bond acceptors (Lipinski definition) is 2. The van der Waals surface area contributed by atoms with Crippen molar-refractivity contribution in [1.82, 2.24) is 0 Å². The van der Waals surface area contributed by atoms with Crippen LogP contribution in [0.15, 0.2) is 48.5 Å². The van der Waals surface area contributed by atoms with Gasteiger partial charge in [-0.2, -0.15) is 13.2 Å². The number of anilines is 1. The quantitative estimate of drug-likeness (QED) is 0.737. The van der Waals surface area contributed by atoms with Crippen LogP contribution in [-0.4, -0.2) is 11.8 Å². The Morgan fingerprint density at radius 2 is 1.79 bits per heavy atom. The van der Waals surface area contributed by atoms with Crippen LogP contribution in [0.1, 0.15) is 23.6 Å². The third kappa shape index (κ3) is 2.71. The van der Waals surface area contributed by atoms with Gasteiger partial charge < -0.3 is 0 Å². The first-order chi connectivity index (χ1) is 11.3. The van der Waals surface area contributed by atoms with E-state index in [1.807, 2.05) is 0 Å².